The average molecular weight is 191 g/mol. The Kier molecular flexibility index (Phi) is 2.25. The minimum absolute atomic E-state index is 0.157. The Morgan fingerprint density at radius 3 is 2.08 bits per heavy atom. The topological polar surface area (TPSA) is 60.2 Å². The molecule has 72 valence electrons. The van der Waals surface area contributed by atoms with Crippen LogP contribution in [-0.2, 0) is 9.84 Å². The summed E-state index contributed by atoms with van der Waals surface area (Å²) in [6.07, 6.45) is 1.99. The highest BCUT2D eigenvalue weighted by Crippen LogP contribution is 2.52. The highest BCUT2D eigenvalue weighted by atomic mass is 32.2. The quantitative estimate of drug-likeness (QED) is 0.702. The molecular weight excluding hydrogens is 174 g/mol. The minimum Gasteiger partial charge on any atom is -0.327 e. The van der Waals surface area contributed by atoms with Crippen molar-refractivity contribution in [3.63, 3.8) is 0 Å². The van der Waals surface area contributed by atoms with Crippen molar-refractivity contribution in [3.8, 4) is 0 Å². The summed E-state index contributed by atoms with van der Waals surface area (Å²) in [6.45, 7) is 4.18. The van der Waals surface area contributed by atoms with Gasteiger partial charge in [-0.15, -0.1) is 0 Å². The van der Waals surface area contributed by atoms with Gasteiger partial charge in [0.05, 0.1) is 5.75 Å². The summed E-state index contributed by atoms with van der Waals surface area (Å²) in [5.41, 5.74) is 5.94. The van der Waals surface area contributed by atoms with Gasteiger partial charge in [-0.2, -0.15) is 0 Å². The van der Waals surface area contributed by atoms with Crippen LogP contribution in [0.5, 0.6) is 0 Å². The molecule has 0 spiro atoms. The first kappa shape index (κ1) is 9.99. The minimum atomic E-state index is -2.81. The molecule has 0 aliphatic heterocycles. The molecule has 2 atom stereocenters. The standard InChI is InChI=1S/C8H17NO2S/c1-8(2)6(7(8)9)4-5-12(3,10)11/h6-7H,4-5,9H2,1-3H3/t6-,7-/m0/s1. The second-order valence-corrected chi connectivity index (χ2v) is 6.63. The largest absolute Gasteiger partial charge is 0.327 e. The highest BCUT2D eigenvalue weighted by molar-refractivity contribution is 7.90. The van der Waals surface area contributed by atoms with E-state index in [1.54, 1.807) is 0 Å². The second-order valence-electron chi connectivity index (χ2n) is 4.37. The molecule has 0 saturated heterocycles. The van der Waals surface area contributed by atoms with Gasteiger partial charge < -0.3 is 5.73 Å². The van der Waals surface area contributed by atoms with Crippen molar-refractivity contribution < 1.29 is 8.42 Å². The van der Waals surface area contributed by atoms with Crippen LogP contribution in [0.4, 0.5) is 0 Å². The molecule has 0 aromatic carbocycles. The van der Waals surface area contributed by atoms with E-state index in [-0.39, 0.29) is 17.2 Å². The number of hydrogen-bond acceptors (Lipinski definition) is 3. The van der Waals surface area contributed by atoms with Crippen LogP contribution < -0.4 is 5.73 Å². The predicted molar refractivity (Wildman–Crippen MR) is 49.6 cm³/mol. The SMILES string of the molecule is CC1(C)[C@@H](N)[C@@H]1CCS(C)(=O)=O. The van der Waals surface area contributed by atoms with Gasteiger partial charge in [0.1, 0.15) is 9.84 Å². The van der Waals surface area contributed by atoms with Gasteiger partial charge in [-0.05, 0) is 17.8 Å². The van der Waals surface area contributed by atoms with Gasteiger partial charge in [0.25, 0.3) is 0 Å². The molecule has 3 nitrogen and oxygen atoms in total. The number of hydrogen-bond donors (Lipinski definition) is 1. The van der Waals surface area contributed by atoms with E-state index in [4.69, 9.17) is 5.73 Å². The van der Waals surface area contributed by atoms with Gasteiger partial charge in [0.2, 0.25) is 0 Å². The molecule has 0 aromatic heterocycles. The fourth-order valence-electron chi connectivity index (χ4n) is 1.68. The van der Waals surface area contributed by atoms with Crippen LogP contribution in [0.2, 0.25) is 0 Å². The Labute approximate surface area is 74.3 Å². The van der Waals surface area contributed by atoms with Gasteiger partial charge in [-0.3, -0.25) is 0 Å². The van der Waals surface area contributed by atoms with Crippen molar-refractivity contribution in [1.29, 1.82) is 0 Å². The van der Waals surface area contributed by atoms with Crippen molar-refractivity contribution in [1.82, 2.24) is 0 Å². The Morgan fingerprint density at radius 2 is 1.83 bits per heavy atom. The third kappa shape index (κ3) is 1.98. The lowest BCUT2D eigenvalue weighted by atomic mass is 10.1. The molecule has 1 rings (SSSR count). The van der Waals surface area contributed by atoms with Crippen molar-refractivity contribution in [2.75, 3.05) is 12.0 Å². The lowest BCUT2D eigenvalue weighted by Crippen LogP contribution is -2.08. The summed E-state index contributed by atoms with van der Waals surface area (Å²) >= 11 is 0. The van der Waals surface area contributed by atoms with Crippen LogP contribution in [0.25, 0.3) is 0 Å². The number of rotatable bonds is 3. The second kappa shape index (κ2) is 2.70. The molecule has 1 fully saturated rings. The first-order chi connectivity index (χ1) is 5.25. The summed E-state index contributed by atoms with van der Waals surface area (Å²) in [7, 11) is -2.81. The monoisotopic (exact) mass is 191 g/mol. The van der Waals surface area contributed by atoms with E-state index in [1.165, 1.54) is 6.26 Å². The molecule has 0 heterocycles. The Hall–Kier alpha value is -0.0900. The molecule has 0 unspecified atom stereocenters. The zero-order valence-corrected chi connectivity index (χ0v) is 8.69. The molecule has 0 aromatic rings. The van der Waals surface area contributed by atoms with Gasteiger partial charge in [-0.1, -0.05) is 13.8 Å². The van der Waals surface area contributed by atoms with Crippen LogP contribution in [0.3, 0.4) is 0 Å². The van der Waals surface area contributed by atoms with Crippen molar-refractivity contribution in [2.24, 2.45) is 17.1 Å². The van der Waals surface area contributed by atoms with E-state index in [1.807, 2.05) is 0 Å². The lowest BCUT2D eigenvalue weighted by Gasteiger charge is -2.00. The van der Waals surface area contributed by atoms with E-state index in [2.05, 4.69) is 13.8 Å². The van der Waals surface area contributed by atoms with Gasteiger partial charge in [-0.25, -0.2) is 8.42 Å². The Balaban J connectivity index is 2.38. The predicted octanol–water partition coefficient (Wildman–Crippen LogP) is 0.404. The maximum Gasteiger partial charge on any atom is 0.147 e. The third-order valence-electron chi connectivity index (χ3n) is 2.94. The summed E-state index contributed by atoms with van der Waals surface area (Å²) in [5.74, 6) is 0.668. The first-order valence-corrected chi connectivity index (χ1v) is 6.24. The molecular formula is C8H17NO2S. The molecule has 12 heavy (non-hydrogen) atoms. The normalized spacial score (nSPS) is 33.3. The molecule has 1 saturated carbocycles. The van der Waals surface area contributed by atoms with E-state index in [0.717, 1.165) is 0 Å². The summed E-state index contributed by atoms with van der Waals surface area (Å²) in [5, 5.41) is 0. The molecule has 0 bridgehead atoms. The van der Waals surface area contributed by atoms with Gasteiger partial charge >= 0.3 is 0 Å². The molecule has 2 N–H and O–H groups in total. The van der Waals surface area contributed by atoms with E-state index < -0.39 is 9.84 Å². The lowest BCUT2D eigenvalue weighted by molar-refractivity contribution is 0.539. The smallest absolute Gasteiger partial charge is 0.147 e. The van der Waals surface area contributed by atoms with Crippen LogP contribution >= 0.6 is 0 Å². The van der Waals surface area contributed by atoms with Gasteiger partial charge in [0, 0.05) is 12.3 Å². The molecule has 0 radical (unpaired) electrons. The van der Waals surface area contributed by atoms with E-state index in [9.17, 15) is 8.42 Å². The maximum absolute atomic E-state index is 10.8. The van der Waals surface area contributed by atoms with Crippen LogP contribution in [-0.4, -0.2) is 26.5 Å². The third-order valence-corrected chi connectivity index (χ3v) is 3.92. The average Bonchev–Trinajstić information content (AvgIpc) is 2.28. The Bertz CT molecular complexity index is 269. The highest BCUT2D eigenvalue weighted by Gasteiger charge is 2.54. The number of sulfone groups is 1. The molecule has 1 aliphatic rings. The van der Waals surface area contributed by atoms with Crippen LogP contribution in [0.1, 0.15) is 20.3 Å². The fraction of sp³-hybridized carbons (Fsp3) is 1.00. The fourth-order valence-corrected chi connectivity index (χ4v) is 2.36. The van der Waals surface area contributed by atoms with E-state index in [0.29, 0.717) is 12.3 Å². The first-order valence-electron chi connectivity index (χ1n) is 4.18. The summed E-state index contributed by atoms with van der Waals surface area (Å²) < 4.78 is 21.7. The molecule has 4 heteroatoms. The van der Waals surface area contributed by atoms with Gasteiger partial charge in [0.15, 0.2) is 0 Å². The maximum atomic E-state index is 10.8. The van der Waals surface area contributed by atoms with E-state index >= 15 is 0 Å². The molecule has 0 amide bonds. The Morgan fingerprint density at radius 1 is 1.42 bits per heavy atom. The zero-order valence-electron chi connectivity index (χ0n) is 7.87. The van der Waals surface area contributed by atoms with Crippen molar-refractivity contribution in [3.05, 3.63) is 0 Å². The van der Waals surface area contributed by atoms with Crippen molar-refractivity contribution >= 4 is 9.84 Å². The summed E-state index contributed by atoms with van der Waals surface area (Å²) in [4.78, 5) is 0. The number of nitrogens with two attached hydrogens (primary N) is 1. The molecule has 1 aliphatic carbocycles. The van der Waals surface area contributed by atoms with Crippen LogP contribution in [0, 0.1) is 11.3 Å². The van der Waals surface area contributed by atoms with Crippen molar-refractivity contribution in [2.45, 2.75) is 26.3 Å². The van der Waals surface area contributed by atoms with Crippen LogP contribution in [0.15, 0.2) is 0 Å². The zero-order chi connectivity index (χ0) is 9.57. The summed E-state index contributed by atoms with van der Waals surface area (Å²) in [6, 6.07) is 0.194.